The van der Waals surface area contributed by atoms with Crippen molar-refractivity contribution in [1.82, 2.24) is 0 Å². The average Bonchev–Trinajstić information content (AvgIpc) is 2.78. The van der Waals surface area contributed by atoms with E-state index < -0.39 is 0 Å². The summed E-state index contributed by atoms with van der Waals surface area (Å²) in [5.41, 5.74) is 2.37. The fraction of sp³-hybridized carbons (Fsp3) is 0.0769. The van der Waals surface area contributed by atoms with Gasteiger partial charge in [0.05, 0.1) is 10.7 Å². The zero-order valence-electron chi connectivity index (χ0n) is 9.14. The lowest BCUT2D eigenvalue weighted by Gasteiger charge is -2.00. The minimum atomic E-state index is -0.0322. The zero-order valence-corrected chi connectivity index (χ0v) is 10.8. The average molecular weight is 259 g/mol. The summed E-state index contributed by atoms with van der Waals surface area (Å²) in [6.45, 7) is 1.99. The quantitative estimate of drug-likeness (QED) is 0.473. The molecule has 84 valence electrons. The highest BCUT2D eigenvalue weighted by Gasteiger charge is 2.14. The van der Waals surface area contributed by atoms with E-state index in [1.807, 2.05) is 36.6 Å². The number of aryl methyl sites for hydroxylation is 1. The van der Waals surface area contributed by atoms with E-state index in [1.165, 1.54) is 11.3 Å². The summed E-state index contributed by atoms with van der Waals surface area (Å²) in [5.74, 6) is -0.0322. The molecule has 2 aromatic rings. The third-order valence-corrected chi connectivity index (χ3v) is 3.25. The number of carbonyl (C=O) groups excluding carboxylic acids is 1. The summed E-state index contributed by atoms with van der Waals surface area (Å²) < 4.78 is 0. The SMILES string of the molecule is Cc1ccc(C(=O)c2ccsc2N=C=S)cc1. The number of ketones is 1. The van der Waals surface area contributed by atoms with Crippen molar-refractivity contribution < 1.29 is 4.79 Å². The number of hydrogen-bond acceptors (Lipinski definition) is 4. The summed E-state index contributed by atoms with van der Waals surface area (Å²) in [4.78, 5) is 16.1. The van der Waals surface area contributed by atoms with Crippen molar-refractivity contribution in [3.05, 3.63) is 52.4 Å². The van der Waals surface area contributed by atoms with Crippen LogP contribution in [0.3, 0.4) is 0 Å². The molecule has 1 aromatic carbocycles. The Bertz CT molecular complexity index is 592. The Morgan fingerprint density at radius 3 is 2.65 bits per heavy atom. The Labute approximate surface area is 109 Å². The molecule has 0 saturated carbocycles. The van der Waals surface area contributed by atoms with E-state index >= 15 is 0 Å². The number of nitrogens with zero attached hydrogens (tertiary/aromatic N) is 1. The molecule has 0 N–H and O–H groups in total. The Balaban J connectivity index is 2.40. The highest BCUT2D eigenvalue weighted by molar-refractivity contribution is 7.78. The van der Waals surface area contributed by atoms with Crippen molar-refractivity contribution >= 4 is 39.5 Å². The van der Waals surface area contributed by atoms with Crippen LogP contribution < -0.4 is 0 Å². The van der Waals surface area contributed by atoms with Crippen molar-refractivity contribution in [2.24, 2.45) is 4.99 Å². The van der Waals surface area contributed by atoms with Crippen LogP contribution >= 0.6 is 23.6 Å². The highest BCUT2D eigenvalue weighted by atomic mass is 32.1. The molecular formula is C13H9NOS2. The number of aliphatic imine (C=N–C) groups is 1. The number of rotatable bonds is 3. The normalized spacial score (nSPS) is 9.71. The number of carbonyl (C=O) groups is 1. The van der Waals surface area contributed by atoms with Gasteiger partial charge in [-0.2, -0.15) is 4.99 Å². The largest absolute Gasteiger partial charge is 0.288 e. The molecule has 17 heavy (non-hydrogen) atoms. The molecule has 0 fully saturated rings. The smallest absolute Gasteiger partial charge is 0.196 e. The highest BCUT2D eigenvalue weighted by Crippen LogP contribution is 2.28. The molecule has 2 nitrogen and oxygen atoms in total. The van der Waals surface area contributed by atoms with Gasteiger partial charge in [0, 0.05) is 5.56 Å². The molecule has 0 amide bonds. The van der Waals surface area contributed by atoms with Crippen molar-refractivity contribution in [2.75, 3.05) is 0 Å². The van der Waals surface area contributed by atoms with Crippen LogP contribution in [0.2, 0.25) is 0 Å². The maximum atomic E-state index is 12.2. The number of isothiocyanates is 1. The number of thiocarbonyl (C=S) groups is 1. The van der Waals surface area contributed by atoms with E-state index in [0.717, 1.165) is 5.56 Å². The van der Waals surface area contributed by atoms with Gasteiger partial charge in [-0.1, -0.05) is 29.8 Å². The first kappa shape index (κ1) is 11.9. The van der Waals surface area contributed by atoms with E-state index in [1.54, 1.807) is 6.07 Å². The molecule has 1 aromatic heterocycles. The molecule has 0 aliphatic rings. The van der Waals surface area contributed by atoms with E-state index in [0.29, 0.717) is 16.1 Å². The number of benzene rings is 1. The van der Waals surface area contributed by atoms with Gasteiger partial charge in [-0.3, -0.25) is 4.79 Å². The summed E-state index contributed by atoms with van der Waals surface area (Å²) in [5, 5.41) is 4.74. The van der Waals surface area contributed by atoms with Gasteiger partial charge in [0.25, 0.3) is 0 Å². The van der Waals surface area contributed by atoms with Crippen molar-refractivity contribution in [1.29, 1.82) is 0 Å². The summed E-state index contributed by atoms with van der Waals surface area (Å²) in [6.07, 6.45) is 0. The lowest BCUT2D eigenvalue weighted by molar-refractivity contribution is 0.104. The molecule has 0 saturated heterocycles. The Morgan fingerprint density at radius 1 is 1.29 bits per heavy atom. The summed E-state index contributed by atoms with van der Waals surface area (Å²) in [6, 6.07) is 9.24. The summed E-state index contributed by atoms with van der Waals surface area (Å²) >= 11 is 5.94. The standard InChI is InChI=1S/C13H9NOS2/c1-9-2-4-10(5-3-9)12(15)11-6-7-17-13(11)14-8-16/h2-7H,1H3. The van der Waals surface area contributed by atoms with Crippen LogP contribution in [0.5, 0.6) is 0 Å². The first-order valence-corrected chi connectivity index (χ1v) is 6.28. The second-order valence-electron chi connectivity index (χ2n) is 3.54. The van der Waals surface area contributed by atoms with Crippen LogP contribution in [0, 0.1) is 6.92 Å². The fourth-order valence-electron chi connectivity index (χ4n) is 1.46. The van der Waals surface area contributed by atoms with Gasteiger partial charge in [-0.05, 0) is 30.6 Å². The van der Waals surface area contributed by atoms with Gasteiger partial charge in [0.1, 0.15) is 5.00 Å². The van der Waals surface area contributed by atoms with Crippen LogP contribution in [0.25, 0.3) is 0 Å². The van der Waals surface area contributed by atoms with Crippen LogP contribution in [-0.2, 0) is 0 Å². The van der Waals surface area contributed by atoms with Crippen LogP contribution in [0.1, 0.15) is 21.5 Å². The minimum Gasteiger partial charge on any atom is -0.288 e. The van der Waals surface area contributed by atoms with E-state index in [2.05, 4.69) is 22.4 Å². The summed E-state index contributed by atoms with van der Waals surface area (Å²) in [7, 11) is 0. The van der Waals surface area contributed by atoms with E-state index in [-0.39, 0.29) is 5.78 Å². The molecule has 0 aliphatic carbocycles. The monoisotopic (exact) mass is 259 g/mol. The predicted molar refractivity (Wildman–Crippen MR) is 73.6 cm³/mol. The molecular weight excluding hydrogens is 250 g/mol. The molecule has 2 rings (SSSR count). The van der Waals surface area contributed by atoms with Crippen LogP contribution in [0.4, 0.5) is 5.00 Å². The molecule has 0 unspecified atom stereocenters. The maximum absolute atomic E-state index is 12.2. The molecule has 0 radical (unpaired) electrons. The Kier molecular flexibility index (Phi) is 3.59. The molecule has 0 atom stereocenters. The van der Waals surface area contributed by atoms with E-state index in [9.17, 15) is 4.79 Å². The first-order valence-electron chi connectivity index (χ1n) is 4.99. The molecule has 1 heterocycles. The van der Waals surface area contributed by atoms with Gasteiger partial charge in [-0.25, -0.2) is 0 Å². The topological polar surface area (TPSA) is 29.4 Å². The van der Waals surface area contributed by atoms with Crippen molar-refractivity contribution in [3.63, 3.8) is 0 Å². The van der Waals surface area contributed by atoms with Crippen molar-refractivity contribution in [2.45, 2.75) is 6.92 Å². The van der Waals surface area contributed by atoms with Gasteiger partial charge in [-0.15, -0.1) is 11.3 Å². The fourth-order valence-corrected chi connectivity index (χ4v) is 2.33. The predicted octanol–water partition coefficient (Wildman–Crippen LogP) is 4.02. The maximum Gasteiger partial charge on any atom is 0.196 e. The lowest BCUT2D eigenvalue weighted by atomic mass is 10.0. The second-order valence-corrected chi connectivity index (χ2v) is 4.61. The van der Waals surface area contributed by atoms with Crippen molar-refractivity contribution in [3.8, 4) is 0 Å². The van der Waals surface area contributed by atoms with Crippen LogP contribution in [-0.4, -0.2) is 10.9 Å². The Morgan fingerprint density at radius 2 is 2.00 bits per heavy atom. The van der Waals surface area contributed by atoms with Gasteiger partial charge >= 0.3 is 0 Å². The molecule has 0 bridgehead atoms. The number of hydrogen-bond donors (Lipinski definition) is 0. The second kappa shape index (κ2) is 5.15. The number of thiophene rings is 1. The van der Waals surface area contributed by atoms with Gasteiger partial charge < -0.3 is 0 Å². The molecule has 0 aliphatic heterocycles. The molecule has 4 heteroatoms. The van der Waals surface area contributed by atoms with Gasteiger partial charge in [0.2, 0.25) is 0 Å². The zero-order chi connectivity index (χ0) is 12.3. The first-order chi connectivity index (χ1) is 8.22. The minimum absolute atomic E-state index is 0.0322. The third-order valence-electron chi connectivity index (χ3n) is 2.35. The molecule has 0 spiro atoms. The lowest BCUT2D eigenvalue weighted by Crippen LogP contribution is -1.99. The van der Waals surface area contributed by atoms with Crippen LogP contribution in [0.15, 0.2) is 40.7 Å². The Hall–Kier alpha value is -1.61. The third kappa shape index (κ3) is 2.56. The van der Waals surface area contributed by atoms with E-state index in [4.69, 9.17) is 0 Å². The van der Waals surface area contributed by atoms with Gasteiger partial charge in [0.15, 0.2) is 5.78 Å².